The minimum atomic E-state index is -0.959. The van der Waals surface area contributed by atoms with E-state index in [2.05, 4.69) is 15.3 Å². The van der Waals surface area contributed by atoms with Crippen LogP contribution in [0.2, 0.25) is 0 Å². The number of carboxylic acid groups (broad SMARTS) is 1. The molecule has 2 N–H and O–H groups in total. The lowest BCUT2D eigenvalue weighted by Crippen LogP contribution is -1.98. The van der Waals surface area contributed by atoms with Gasteiger partial charge in [-0.15, -0.1) is 11.3 Å². The van der Waals surface area contributed by atoms with Crippen LogP contribution in [0.5, 0.6) is 0 Å². The van der Waals surface area contributed by atoms with E-state index in [1.807, 2.05) is 0 Å². The Hall–Kier alpha value is -1.69. The second-order valence-electron chi connectivity index (χ2n) is 2.57. The van der Waals surface area contributed by atoms with Gasteiger partial charge in [0.2, 0.25) is 0 Å². The first-order chi connectivity index (χ1) is 6.74. The maximum atomic E-state index is 10.9. The molecule has 2 aromatic rings. The van der Waals surface area contributed by atoms with Gasteiger partial charge in [0.25, 0.3) is 0 Å². The van der Waals surface area contributed by atoms with Crippen LogP contribution in [-0.2, 0) is 0 Å². The van der Waals surface area contributed by atoms with E-state index >= 15 is 0 Å². The molecule has 0 aliphatic carbocycles. The lowest BCUT2D eigenvalue weighted by atomic mass is 10.3. The number of rotatable bonds is 2. The average Bonchev–Trinajstić information content (AvgIpc) is 2.56. The van der Waals surface area contributed by atoms with E-state index in [0.717, 1.165) is 11.3 Å². The Morgan fingerprint density at radius 1 is 1.50 bits per heavy atom. The van der Waals surface area contributed by atoms with Gasteiger partial charge in [0.05, 0.1) is 5.69 Å². The Kier molecular flexibility index (Phi) is 2.05. The van der Waals surface area contributed by atoms with Gasteiger partial charge < -0.3 is 10.4 Å². The van der Waals surface area contributed by atoms with E-state index in [-0.39, 0.29) is 4.88 Å². The number of hydrogen-bond donors (Lipinski definition) is 2. The van der Waals surface area contributed by atoms with Gasteiger partial charge in [0.1, 0.15) is 15.2 Å². The van der Waals surface area contributed by atoms with Crippen molar-refractivity contribution in [2.45, 2.75) is 0 Å². The Morgan fingerprint density at radius 3 is 2.86 bits per heavy atom. The molecular formula is C8H7N3O2S. The number of aromatic carboxylic acids is 1. The number of fused-ring (bicyclic) bond motifs is 1. The molecule has 0 saturated carbocycles. The van der Waals surface area contributed by atoms with Crippen molar-refractivity contribution in [1.29, 1.82) is 0 Å². The first kappa shape index (κ1) is 8.89. The Balaban J connectivity index is 2.78. The van der Waals surface area contributed by atoms with Gasteiger partial charge in [0, 0.05) is 19.4 Å². The summed E-state index contributed by atoms with van der Waals surface area (Å²) in [6.07, 6.45) is 3.09. The predicted octanol–water partition coefficient (Wildman–Crippen LogP) is 1.43. The van der Waals surface area contributed by atoms with Gasteiger partial charge in [-0.2, -0.15) is 0 Å². The molecule has 2 rings (SSSR count). The van der Waals surface area contributed by atoms with Gasteiger partial charge in [-0.05, 0) is 0 Å². The summed E-state index contributed by atoms with van der Waals surface area (Å²) in [7, 11) is 1.67. The van der Waals surface area contributed by atoms with E-state index in [9.17, 15) is 4.79 Å². The molecule has 0 saturated heterocycles. The van der Waals surface area contributed by atoms with Crippen LogP contribution in [0.1, 0.15) is 9.67 Å². The minimum absolute atomic E-state index is 0.244. The molecule has 14 heavy (non-hydrogen) atoms. The van der Waals surface area contributed by atoms with Crippen LogP contribution >= 0.6 is 11.3 Å². The number of nitrogens with one attached hydrogen (secondary N) is 1. The molecule has 72 valence electrons. The summed E-state index contributed by atoms with van der Waals surface area (Å²) in [4.78, 5) is 19.9. The number of anilines is 1. The molecular weight excluding hydrogens is 202 g/mol. The van der Waals surface area contributed by atoms with E-state index in [1.165, 1.54) is 0 Å². The van der Waals surface area contributed by atoms with E-state index in [1.54, 1.807) is 19.4 Å². The molecule has 0 aliphatic heterocycles. The lowest BCUT2D eigenvalue weighted by molar-refractivity contribution is 0.0703. The van der Waals surface area contributed by atoms with Gasteiger partial charge in [-0.3, -0.25) is 0 Å². The lowest BCUT2D eigenvalue weighted by Gasteiger charge is -1.97. The van der Waals surface area contributed by atoms with Gasteiger partial charge in [-0.1, -0.05) is 0 Å². The fraction of sp³-hybridized carbons (Fsp3) is 0.125. The highest BCUT2D eigenvalue weighted by Gasteiger charge is 2.17. The molecule has 0 fully saturated rings. The highest BCUT2D eigenvalue weighted by molar-refractivity contribution is 7.21. The first-order valence-electron chi connectivity index (χ1n) is 3.88. The van der Waals surface area contributed by atoms with Crippen molar-refractivity contribution in [3.8, 4) is 0 Å². The second kappa shape index (κ2) is 3.22. The van der Waals surface area contributed by atoms with Gasteiger partial charge >= 0.3 is 5.97 Å². The zero-order valence-electron chi connectivity index (χ0n) is 7.31. The fourth-order valence-electron chi connectivity index (χ4n) is 1.21. The molecule has 0 amide bonds. The smallest absolute Gasteiger partial charge is 0.348 e. The predicted molar refractivity (Wildman–Crippen MR) is 53.9 cm³/mol. The van der Waals surface area contributed by atoms with E-state index in [4.69, 9.17) is 5.11 Å². The molecule has 0 unspecified atom stereocenters. The molecule has 2 heterocycles. The third kappa shape index (κ3) is 1.20. The Labute approximate surface area is 83.4 Å². The SMILES string of the molecule is CNc1c(C(=O)O)sc2nccnc12. The minimum Gasteiger partial charge on any atom is -0.477 e. The van der Waals surface area contributed by atoms with Crippen LogP contribution in [0.15, 0.2) is 12.4 Å². The third-order valence-corrected chi connectivity index (χ3v) is 2.85. The summed E-state index contributed by atoms with van der Waals surface area (Å²) in [6, 6.07) is 0. The van der Waals surface area contributed by atoms with Gasteiger partial charge in [-0.25, -0.2) is 14.8 Å². The summed E-state index contributed by atoms with van der Waals surface area (Å²) < 4.78 is 0. The quantitative estimate of drug-likeness (QED) is 0.782. The zero-order chi connectivity index (χ0) is 10.1. The second-order valence-corrected chi connectivity index (χ2v) is 3.57. The number of carbonyl (C=O) groups is 1. The molecule has 6 heteroatoms. The summed E-state index contributed by atoms with van der Waals surface area (Å²) in [6.45, 7) is 0. The maximum Gasteiger partial charge on any atom is 0.348 e. The normalized spacial score (nSPS) is 10.4. The largest absolute Gasteiger partial charge is 0.477 e. The van der Waals surface area contributed by atoms with Crippen LogP contribution in [0.25, 0.3) is 10.3 Å². The molecule has 0 radical (unpaired) electrons. The first-order valence-corrected chi connectivity index (χ1v) is 4.70. The number of hydrogen-bond acceptors (Lipinski definition) is 5. The standard InChI is InChI=1S/C8H7N3O2S/c1-9-4-5-7(11-3-2-10-5)14-6(4)8(12)13/h2-3,9H,1H3,(H,12,13). The third-order valence-electron chi connectivity index (χ3n) is 1.77. The fourth-order valence-corrected chi connectivity index (χ4v) is 2.16. The Bertz CT molecular complexity index is 494. The van der Waals surface area contributed by atoms with Crippen molar-refractivity contribution < 1.29 is 9.90 Å². The average molecular weight is 209 g/mol. The van der Waals surface area contributed by atoms with E-state index < -0.39 is 5.97 Å². The van der Waals surface area contributed by atoms with Crippen molar-refractivity contribution in [3.05, 3.63) is 17.3 Å². The summed E-state index contributed by atoms with van der Waals surface area (Å²) in [5.74, 6) is -0.959. The van der Waals surface area contributed by atoms with E-state index in [0.29, 0.717) is 16.0 Å². The van der Waals surface area contributed by atoms with Crippen molar-refractivity contribution in [2.75, 3.05) is 12.4 Å². The summed E-state index contributed by atoms with van der Waals surface area (Å²) in [5, 5.41) is 11.7. The number of thiophene rings is 1. The molecule has 0 bridgehead atoms. The number of carboxylic acids is 1. The van der Waals surface area contributed by atoms with Crippen molar-refractivity contribution in [2.24, 2.45) is 0 Å². The van der Waals surface area contributed by atoms with Crippen molar-refractivity contribution >= 4 is 33.3 Å². The zero-order valence-corrected chi connectivity index (χ0v) is 8.13. The topological polar surface area (TPSA) is 75.1 Å². The molecule has 0 aliphatic rings. The highest BCUT2D eigenvalue weighted by atomic mass is 32.1. The molecule has 0 spiro atoms. The molecule has 2 aromatic heterocycles. The Morgan fingerprint density at radius 2 is 2.21 bits per heavy atom. The van der Waals surface area contributed by atoms with Crippen LogP contribution in [0.3, 0.4) is 0 Å². The van der Waals surface area contributed by atoms with Crippen LogP contribution in [0.4, 0.5) is 5.69 Å². The molecule has 5 nitrogen and oxygen atoms in total. The van der Waals surface area contributed by atoms with Crippen LogP contribution in [0, 0.1) is 0 Å². The maximum absolute atomic E-state index is 10.9. The summed E-state index contributed by atoms with van der Waals surface area (Å²) in [5.41, 5.74) is 1.14. The van der Waals surface area contributed by atoms with Crippen molar-refractivity contribution in [1.82, 2.24) is 9.97 Å². The van der Waals surface area contributed by atoms with Crippen LogP contribution in [-0.4, -0.2) is 28.1 Å². The van der Waals surface area contributed by atoms with Crippen LogP contribution < -0.4 is 5.32 Å². The highest BCUT2D eigenvalue weighted by Crippen LogP contribution is 2.32. The molecule has 0 atom stereocenters. The number of nitrogens with zero attached hydrogens (tertiary/aromatic N) is 2. The molecule has 0 aromatic carbocycles. The summed E-state index contributed by atoms with van der Waals surface area (Å²) >= 11 is 1.12. The number of aromatic nitrogens is 2. The van der Waals surface area contributed by atoms with Crippen molar-refractivity contribution in [3.63, 3.8) is 0 Å². The van der Waals surface area contributed by atoms with Gasteiger partial charge in [0.15, 0.2) is 0 Å². The monoisotopic (exact) mass is 209 g/mol.